The summed E-state index contributed by atoms with van der Waals surface area (Å²) >= 11 is 1.41. The molecule has 2 heterocycles. The molecule has 6 heteroatoms. The van der Waals surface area contributed by atoms with Crippen LogP contribution >= 0.6 is 11.8 Å². The predicted molar refractivity (Wildman–Crippen MR) is 131 cm³/mol. The number of cyclic esters (lactones) is 1. The summed E-state index contributed by atoms with van der Waals surface area (Å²) in [6.45, 7) is 7.71. The molecule has 0 radical (unpaired) electrons. The van der Waals surface area contributed by atoms with Crippen LogP contribution in [0.5, 0.6) is 0 Å². The summed E-state index contributed by atoms with van der Waals surface area (Å²) in [7, 11) is 0. The Morgan fingerprint density at radius 2 is 1.55 bits per heavy atom. The highest BCUT2D eigenvalue weighted by atomic mass is 32.2. The monoisotopic (exact) mass is 465 g/mol. The Hall–Kier alpha value is -2.70. The number of benzene rings is 2. The molecule has 1 amide bonds. The summed E-state index contributed by atoms with van der Waals surface area (Å²) in [5, 5.41) is 11.1. The van der Waals surface area contributed by atoms with Crippen molar-refractivity contribution in [3.8, 4) is 0 Å². The van der Waals surface area contributed by atoms with Gasteiger partial charge in [-0.05, 0) is 38.2 Å². The number of aliphatic hydroxyl groups is 1. The third kappa shape index (κ3) is 3.85. The van der Waals surface area contributed by atoms with E-state index in [0.29, 0.717) is 11.5 Å². The molecule has 1 aliphatic heterocycles. The number of carbonyl (C=O) groups is 1. The molecule has 1 fully saturated rings. The predicted octanol–water partition coefficient (Wildman–Crippen LogP) is 5.91. The van der Waals surface area contributed by atoms with Gasteiger partial charge in [0.05, 0.1) is 6.04 Å². The number of hydrogen-bond acceptors (Lipinski definition) is 5. The van der Waals surface area contributed by atoms with Crippen LogP contribution in [-0.4, -0.2) is 33.8 Å². The molecule has 0 unspecified atom stereocenters. The molecule has 174 valence electrons. The van der Waals surface area contributed by atoms with E-state index in [-0.39, 0.29) is 12.0 Å². The number of nitrogens with zero attached hydrogens (tertiary/aromatic N) is 1. The minimum atomic E-state index is -1.43. The Labute approximate surface area is 199 Å². The van der Waals surface area contributed by atoms with Crippen LogP contribution in [0.3, 0.4) is 0 Å². The number of amides is 1. The quantitative estimate of drug-likeness (QED) is 0.470. The maximum absolute atomic E-state index is 13.7. The Bertz CT molecular complexity index is 1050. The Morgan fingerprint density at radius 3 is 1.97 bits per heavy atom. The topological polar surface area (TPSA) is 62.9 Å². The van der Waals surface area contributed by atoms with Crippen molar-refractivity contribution in [2.45, 2.75) is 50.3 Å². The minimum absolute atomic E-state index is 0.0284. The van der Waals surface area contributed by atoms with Crippen LogP contribution in [-0.2, 0) is 15.9 Å². The molecule has 2 aromatic carbocycles. The summed E-state index contributed by atoms with van der Waals surface area (Å²) < 4.78 is 12.2. The molecule has 4 rings (SSSR count). The number of ether oxygens (including phenoxy) is 1. The fourth-order valence-electron chi connectivity index (χ4n) is 5.03. The van der Waals surface area contributed by atoms with Gasteiger partial charge in [0.1, 0.15) is 22.5 Å². The smallest absolute Gasteiger partial charge is 0.412 e. The summed E-state index contributed by atoms with van der Waals surface area (Å²) in [6.07, 6.45) is 1.44. The first-order chi connectivity index (χ1) is 15.7. The maximum atomic E-state index is 13.7. The highest BCUT2D eigenvalue weighted by molar-refractivity contribution is 7.99. The fourth-order valence-corrected chi connectivity index (χ4v) is 6.05. The van der Waals surface area contributed by atoms with Crippen molar-refractivity contribution >= 4 is 17.9 Å². The van der Waals surface area contributed by atoms with Crippen molar-refractivity contribution in [1.82, 2.24) is 4.90 Å². The van der Waals surface area contributed by atoms with E-state index in [1.54, 1.807) is 17.9 Å². The Kier molecular flexibility index (Phi) is 6.34. The van der Waals surface area contributed by atoms with Crippen molar-refractivity contribution in [3.63, 3.8) is 0 Å². The molecule has 0 aliphatic carbocycles. The van der Waals surface area contributed by atoms with Gasteiger partial charge in [0, 0.05) is 11.1 Å². The van der Waals surface area contributed by atoms with Crippen molar-refractivity contribution < 1.29 is 19.1 Å². The molecule has 3 aromatic rings. The second kappa shape index (κ2) is 8.92. The standard InChI is InChI=1S/C27H31NO4S/c1-18(2)23-27(20-12-8-6-9-13-20,21-14-10-7-11-15-21)32-25(29)28(23)24(33-5)26(4,30)22-17-16-19(3)31-22/h6-18,23-24,30H,1-5H3/t23-,24-,26-/m0/s1. The van der Waals surface area contributed by atoms with E-state index < -0.39 is 22.7 Å². The van der Waals surface area contributed by atoms with E-state index in [0.717, 1.165) is 11.1 Å². The molecular formula is C27H31NO4S. The van der Waals surface area contributed by atoms with Crippen LogP contribution in [0, 0.1) is 12.8 Å². The lowest BCUT2D eigenvalue weighted by Gasteiger charge is -2.43. The number of rotatable bonds is 7. The molecule has 0 bridgehead atoms. The lowest BCUT2D eigenvalue weighted by Crippen LogP contribution is -2.55. The molecule has 3 atom stereocenters. The summed E-state index contributed by atoms with van der Waals surface area (Å²) in [5.74, 6) is 1.16. The SMILES string of the molecule is CS[C@H](N1C(=O)OC(c2ccccc2)(c2ccccc2)[C@@H]1C(C)C)[C@@](C)(O)c1ccc(C)o1. The normalized spacial score (nSPS) is 20.5. The highest BCUT2D eigenvalue weighted by Crippen LogP contribution is 2.51. The second-order valence-electron chi connectivity index (χ2n) is 9.08. The number of hydrogen-bond donors (Lipinski definition) is 1. The lowest BCUT2D eigenvalue weighted by molar-refractivity contribution is -0.0201. The number of carbonyl (C=O) groups excluding carboxylic acids is 1. The van der Waals surface area contributed by atoms with Gasteiger partial charge in [0.15, 0.2) is 5.60 Å². The average Bonchev–Trinajstić information content (AvgIpc) is 3.38. The molecule has 1 saturated heterocycles. The molecule has 5 nitrogen and oxygen atoms in total. The largest absolute Gasteiger partial charge is 0.463 e. The van der Waals surface area contributed by atoms with Crippen LogP contribution in [0.15, 0.2) is 77.2 Å². The highest BCUT2D eigenvalue weighted by Gasteiger charge is 2.61. The first-order valence-electron chi connectivity index (χ1n) is 11.2. The summed E-state index contributed by atoms with van der Waals surface area (Å²) in [5.41, 5.74) is -0.640. The number of furan rings is 1. The maximum Gasteiger partial charge on any atom is 0.412 e. The first-order valence-corrected chi connectivity index (χ1v) is 12.5. The molecule has 33 heavy (non-hydrogen) atoms. The zero-order chi connectivity index (χ0) is 23.8. The van der Waals surface area contributed by atoms with E-state index in [1.807, 2.05) is 79.9 Å². The lowest BCUT2D eigenvalue weighted by atomic mass is 9.75. The van der Waals surface area contributed by atoms with Gasteiger partial charge in [-0.1, -0.05) is 74.5 Å². The van der Waals surface area contributed by atoms with Crippen LogP contribution in [0.1, 0.15) is 43.4 Å². The number of aryl methyl sites for hydroxylation is 1. The van der Waals surface area contributed by atoms with Gasteiger partial charge >= 0.3 is 6.09 Å². The van der Waals surface area contributed by atoms with Crippen molar-refractivity contribution in [1.29, 1.82) is 0 Å². The second-order valence-corrected chi connectivity index (χ2v) is 10.00. The van der Waals surface area contributed by atoms with Crippen LogP contribution < -0.4 is 0 Å². The van der Waals surface area contributed by atoms with Crippen molar-refractivity contribution in [3.05, 3.63) is 95.4 Å². The Balaban J connectivity index is 1.91. The minimum Gasteiger partial charge on any atom is -0.463 e. The molecule has 0 saturated carbocycles. The molecule has 1 aromatic heterocycles. The van der Waals surface area contributed by atoms with Crippen molar-refractivity contribution in [2.75, 3.05) is 6.26 Å². The third-order valence-electron chi connectivity index (χ3n) is 6.41. The van der Waals surface area contributed by atoms with Gasteiger partial charge in [-0.3, -0.25) is 4.90 Å². The molecule has 0 spiro atoms. The van der Waals surface area contributed by atoms with Crippen molar-refractivity contribution in [2.24, 2.45) is 5.92 Å². The average molecular weight is 466 g/mol. The van der Waals surface area contributed by atoms with E-state index >= 15 is 0 Å². The van der Waals surface area contributed by atoms with Gasteiger partial charge in [0.2, 0.25) is 0 Å². The van der Waals surface area contributed by atoms with E-state index in [4.69, 9.17) is 9.15 Å². The molecule has 1 aliphatic rings. The van der Waals surface area contributed by atoms with Gasteiger partial charge in [-0.25, -0.2) is 4.79 Å². The van der Waals surface area contributed by atoms with Gasteiger partial charge in [-0.2, -0.15) is 0 Å². The van der Waals surface area contributed by atoms with E-state index in [9.17, 15) is 9.90 Å². The van der Waals surface area contributed by atoms with E-state index in [2.05, 4.69) is 13.8 Å². The summed E-state index contributed by atoms with van der Waals surface area (Å²) in [4.78, 5) is 15.4. The molecule has 1 N–H and O–H groups in total. The summed E-state index contributed by atoms with van der Waals surface area (Å²) in [6, 6.07) is 23.0. The number of thioether (sulfide) groups is 1. The zero-order valence-electron chi connectivity index (χ0n) is 19.7. The molecular weight excluding hydrogens is 434 g/mol. The van der Waals surface area contributed by atoms with Crippen LogP contribution in [0.2, 0.25) is 0 Å². The third-order valence-corrected chi connectivity index (χ3v) is 7.54. The Morgan fingerprint density at radius 1 is 1.00 bits per heavy atom. The fraction of sp³-hybridized carbons (Fsp3) is 0.370. The van der Waals surface area contributed by atoms with Gasteiger partial charge in [-0.15, -0.1) is 11.8 Å². The van der Waals surface area contributed by atoms with Gasteiger partial charge < -0.3 is 14.3 Å². The van der Waals surface area contributed by atoms with Crippen LogP contribution in [0.4, 0.5) is 4.79 Å². The van der Waals surface area contributed by atoms with Crippen LogP contribution in [0.25, 0.3) is 0 Å². The first kappa shape index (κ1) is 23.5. The van der Waals surface area contributed by atoms with Gasteiger partial charge in [0.25, 0.3) is 0 Å². The zero-order valence-corrected chi connectivity index (χ0v) is 20.5. The van der Waals surface area contributed by atoms with E-state index in [1.165, 1.54) is 11.8 Å².